The number of nitrogens with two attached hydrogens (primary N) is 1. The predicted molar refractivity (Wildman–Crippen MR) is 74.1 cm³/mol. The number of rotatable bonds is 4. The summed E-state index contributed by atoms with van der Waals surface area (Å²) in [5, 5.41) is 0. The molecule has 1 aromatic heterocycles. The minimum absolute atomic E-state index is 0.0680. The summed E-state index contributed by atoms with van der Waals surface area (Å²) in [6.07, 6.45) is 2.58. The molecular weight excluding hydrogens is 264 g/mol. The lowest BCUT2D eigenvalue weighted by molar-refractivity contribution is 0.188. The lowest BCUT2D eigenvalue weighted by Gasteiger charge is -2.33. The molecule has 0 unspecified atom stereocenters. The fourth-order valence-corrected chi connectivity index (χ4v) is 3.76. The highest BCUT2D eigenvalue weighted by atomic mass is 32.2. The van der Waals surface area contributed by atoms with Crippen molar-refractivity contribution < 1.29 is 8.42 Å². The van der Waals surface area contributed by atoms with Gasteiger partial charge in [0, 0.05) is 32.4 Å². The fraction of sp³-hybridized carbons (Fsp3) is 0.583. The summed E-state index contributed by atoms with van der Waals surface area (Å²) in [4.78, 5) is 6.23. The van der Waals surface area contributed by atoms with E-state index in [4.69, 9.17) is 5.73 Å². The number of piperazine rings is 1. The SMILES string of the molecule is CCCN1CCN(S(=O)(=O)c2cccnc2N)CC1. The molecule has 0 atom stereocenters. The first-order valence-corrected chi connectivity index (χ1v) is 7.92. The molecule has 0 radical (unpaired) electrons. The third kappa shape index (κ3) is 3.05. The zero-order chi connectivity index (χ0) is 13.9. The van der Waals surface area contributed by atoms with Gasteiger partial charge in [-0.1, -0.05) is 6.92 Å². The topological polar surface area (TPSA) is 79.5 Å². The smallest absolute Gasteiger partial charge is 0.246 e. The molecular formula is C12H20N4O2S. The summed E-state index contributed by atoms with van der Waals surface area (Å²) in [6, 6.07) is 3.10. The average Bonchev–Trinajstić information content (AvgIpc) is 2.40. The molecule has 19 heavy (non-hydrogen) atoms. The van der Waals surface area contributed by atoms with Gasteiger partial charge in [0.15, 0.2) is 0 Å². The van der Waals surface area contributed by atoms with Crippen LogP contribution in [0.1, 0.15) is 13.3 Å². The Balaban J connectivity index is 2.12. The quantitative estimate of drug-likeness (QED) is 0.864. The second-order valence-electron chi connectivity index (χ2n) is 4.63. The molecule has 1 fully saturated rings. The Labute approximate surface area is 114 Å². The van der Waals surface area contributed by atoms with Crippen LogP contribution in [0.25, 0.3) is 0 Å². The number of aromatic nitrogens is 1. The maximum Gasteiger partial charge on any atom is 0.246 e. The van der Waals surface area contributed by atoms with Crippen molar-refractivity contribution >= 4 is 15.8 Å². The van der Waals surface area contributed by atoms with E-state index in [-0.39, 0.29) is 10.7 Å². The first-order chi connectivity index (χ1) is 9.05. The maximum absolute atomic E-state index is 12.5. The van der Waals surface area contributed by atoms with Gasteiger partial charge in [-0.15, -0.1) is 0 Å². The van der Waals surface area contributed by atoms with Crippen LogP contribution in [0.15, 0.2) is 23.2 Å². The Bertz CT molecular complexity index is 524. The summed E-state index contributed by atoms with van der Waals surface area (Å²) in [5.74, 6) is 0.0680. The molecule has 1 saturated heterocycles. The predicted octanol–water partition coefficient (Wildman–Crippen LogP) is 0.380. The highest BCUT2D eigenvalue weighted by Crippen LogP contribution is 2.21. The van der Waals surface area contributed by atoms with Gasteiger partial charge in [0.1, 0.15) is 10.7 Å². The lowest BCUT2D eigenvalue weighted by atomic mass is 10.3. The van der Waals surface area contributed by atoms with Crippen molar-refractivity contribution in [1.29, 1.82) is 0 Å². The molecule has 1 aromatic rings. The second-order valence-corrected chi connectivity index (χ2v) is 6.54. The molecule has 0 bridgehead atoms. The number of nitrogen functional groups attached to an aromatic ring is 1. The van der Waals surface area contributed by atoms with Crippen molar-refractivity contribution in [3.8, 4) is 0 Å². The van der Waals surface area contributed by atoms with Crippen LogP contribution >= 0.6 is 0 Å². The van der Waals surface area contributed by atoms with Crippen molar-refractivity contribution in [3.63, 3.8) is 0 Å². The van der Waals surface area contributed by atoms with E-state index >= 15 is 0 Å². The van der Waals surface area contributed by atoms with E-state index in [0.29, 0.717) is 13.1 Å². The minimum Gasteiger partial charge on any atom is -0.383 e. The molecule has 2 rings (SSSR count). The fourth-order valence-electron chi connectivity index (χ4n) is 2.27. The van der Waals surface area contributed by atoms with Gasteiger partial charge in [0.2, 0.25) is 10.0 Å². The van der Waals surface area contributed by atoms with E-state index in [2.05, 4.69) is 16.8 Å². The Hall–Kier alpha value is -1.18. The average molecular weight is 284 g/mol. The Morgan fingerprint density at radius 1 is 1.32 bits per heavy atom. The zero-order valence-corrected chi connectivity index (χ0v) is 11.9. The molecule has 1 aliphatic rings. The van der Waals surface area contributed by atoms with Crippen LogP contribution in [0.3, 0.4) is 0 Å². The first kappa shape index (κ1) is 14.2. The number of nitrogens with zero attached hydrogens (tertiary/aromatic N) is 3. The van der Waals surface area contributed by atoms with Crippen LogP contribution in [-0.4, -0.2) is 55.3 Å². The van der Waals surface area contributed by atoms with Crippen LogP contribution in [0.2, 0.25) is 0 Å². The summed E-state index contributed by atoms with van der Waals surface area (Å²) in [7, 11) is -3.51. The van der Waals surface area contributed by atoms with E-state index in [9.17, 15) is 8.42 Å². The number of hydrogen-bond donors (Lipinski definition) is 1. The van der Waals surface area contributed by atoms with E-state index in [0.717, 1.165) is 26.1 Å². The molecule has 2 heterocycles. The van der Waals surface area contributed by atoms with Gasteiger partial charge in [0.25, 0.3) is 0 Å². The first-order valence-electron chi connectivity index (χ1n) is 6.48. The molecule has 2 N–H and O–H groups in total. The minimum atomic E-state index is -3.51. The van der Waals surface area contributed by atoms with E-state index < -0.39 is 10.0 Å². The van der Waals surface area contributed by atoms with Crippen molar-refractivity contribution in [2.45, 2.75) is 18.2 Å². The van der Waals surface area contributed by atoms with Gasteiger partial charge in [-0.25, -0.2) is 13.4 Å². The largest absolute Gasteiger partial charge is 0.383 e. The molecule has 0 aromatic carbocycles. The summed E-state index contributed by atoms with van der Waals surface area (Å²) in [5.41, 5.74) is 5.66. The molecule has 106 valence electrons. The van der Waals surface area contributed by atoms with Gasteiger partial charge >= 0.3 is 0 Å². The molecule has 0 spiro atoms. The van der Waals surface area contributed by atoms with Crippen LogP contribution < -0.4 is 5.73 Å². The number of anilines is 1. The Morgan fingerprint density at radius 2 is 2.00 bits per heavy atom. The number of sulfonamides is 1. The molecule has 0 amide bonds. The zero-order valence-electron chi connectivity index (χ0n) is 11.1. The van der Waals surface area contributed by atoms with Gasteiger partial charge in [0.05, 0.1) is 0 Å². The lowest BCUT2D eigenvalue weighted by Crippen LogP contribution is -2.48. The normalized spacial score (nSPS) is 18.6. The third-order valence-corrected chi connectivity index (χ3v) is 5.23. The molecule has 6 nitrogen and oxygen atoms in total. The van der Waals surface area contributed by atoms with Gasteiger partial charge in [-0.05, 0) is 25.1 Å². The standard InChI is InChI=1S/C12H20N4O2S/c1-2-6-15-7-9-16(10-8-15)19(17,18)11-4-3-5-14-12(11)13/h3-5H,2,6-10H2,1H3,(H2,13,14). The van der Waals surface area contributed by atoms with Crippen LogP contribution in [0.5, 0.6) is 0 Å². The maximum atomic E-state index is 12.5. The van der Waals surface area contributed by atoms with E-state index in [1.165, 1.54) is 16.6 Å². The van der Waals surface area contributed by atoms with Crippen molar-refractivity contribution in [1.82, 2.24) is 14.2 Å². The van der Waals surface area contributed by atoms with Crippen LogP contribution in [-0.2, 0) is 10.0 Å². The van der Waals surface area contributed by atoms with Crippen LogP contribution in [0, 0.1) is 0 Å². The molecule has 0 saturated carbocycles. The van der Waals surface area contributed by atoms with E-state index in [1.807, 2.05) is 0 Å². The molecule has 1 aliphatic heterocycles. The number of hydrogen-bond acceptors (Lipinski definition) is 5. The van der Waals surface area contributed by atoms with Gasteiger partial charge < -0.3 is 10.6 Å². The monoisotopic (exact) mass is 284 g/mol. The Morgan fingerprint density at radius 3 is 2.58 bits per heavy atom. The summed E-state index contributed by atoms with van der Waals surface area (Å²) >= 11 is 0. The summed E-state index contributed by atoms with van der Waals surface area (Å²) < 4.78 is 26.4. The van der Waals surface area contributed by atoms with E-state index in [1.54, 1.807) is 6.07 Å². The van der Waals surface area contributed by atoms with Crippen molar-refractivity contribution in [3.05, 3.63) is 18.3 Å². The molecule has 0 aliphatic carbocycles. The van der Waals surface area contributed by atoms with Gasteiger partial charge in [-0.2, -0.15) is 4.31 Å². The third-order valence-electron chi connectivity index (χ3n) is 3.29. The van der Waals surface area contributed by atoms with Gasteiger partial charge in [-0.3, -0.25) is 0 Å². The van der Waals surface area contributed by atoms with Crippen LogP contribution in [0.4, 0.5) is 5.82 Å². The summed E-state index contributed by atoms with van der Waals surface area (Å²) in [6.45, 7) is 5.70. The highest BCUT2D eigenvalue weighted by Gasteiger charge is 2.29. The highest BCUT2D eigenvalue weighted by molar-refractivity contribution is 7.89. The van der Waals surface area contributed by atoms with Crippen molar-refractivity contribution in [2.24, 2.45) is 0 Å². The van der Waals surface area contributed by atoms with Crippen molar-refractivity contribution in [2.75, 3.05) is 38.5 Å². The second kappa shape index (κ2) is 5.85. The Kier molecular flexibility index (Phi) is 4.38. The molecule has 7 heteroatoms. The number of pyridine rings is 1.